The van der Waals surface area contributed by atoms with E-state index in [2.05, 4.69) is 5.32 Å². The number of nitrogens with zero attached hydrogens (tertiary/aromatic N) is 3. The fourth-order valence-corrected chi connectivity index (χ4v) is 4.68. The number of benzene rings is 3. The largest absolute Gasteiger partial charge is 0.417 e. The van der Waals surface area contributed by atoms with Crippen LogP contribution in [0.3, 0.4) is 0 Å². The van der Waals surface area contributed by atoms with Crippen molar-refractivity contribution in [3.63, 3.8) is 0 Å². The first-order valence-corrected chi connectivity index (χ1v) is 12.9. The summed E-state index contributed by atoms with van der Waals surface area (Å²) in [6.45, 7) is 2.90. The zero-order valence-electron chi connectivity index (χ0n) is 20.7. The van der Waals surface area contributed by atoms with E-state index in [0.717, 1.165) is 12.1 Å². The highest BCUT2D eigenvalue weighted by atomic mass is 32.2. The molecule has 4 rings (SSSR count). The molecule has 9 nitrogen and oxygen atoms in total. The van der Waals surface area contributed by atoms with Crippen molar-refractivity contribution in [2.45, 2.75) is 37.0 Å². The maximum absolute atomic E-state index is 13.5. The fourth-order valence-electron chi connectivity index (χ4n) is 4.17. The summed E-state index contributed by atoms with van der Waals surface area (Å²) in [6, 6.07) is 15.9. The Morgan fingerprint density at radius 3 is 2.26 bits per heavy atom. The lowest BCUT2D eigenvalue weighted by molar-refractivity contribution is -0.137. The van der Waals surface area contributed by atoms with Gasteiger partial charge < -0.3 is 10.2 Å². The van der Waals surface area contributed by atoms with Crippen LogP contribution in [-0.2, 0) is 27.5 Å². The second-order valence-electron chi connectivity index (χ2n) is 9.26. The molecule has 1 aliphatic rings. The molecule has 13 heteroatoms. The number of urea groups is 1. The maximum Gasteiger partial charge on any atom is 0.417 e. The molecule has 0 bridgehead atoms. The number of rotatable bonds is 6. The third-order valence-electron chi connectivity index (χ3n) is 6.32. The molecule has 3 aromatic carbocycles. The molecule has 0 aromatic heterocycles. The number of sulfonamides is 1. The predicted octanol–water partition coefficient (Wildman–Crippen LogP) is 4.72. The first-order valence-electron chi connectivity index (χ1n) is 11.4. The topological polar surface area (TPSA) is 137 Å². The van der Waals surface area contributed by atoms with Crippen molar-refractivity contribution in [2.24, 2.45) is 5.14 Å². The Morgan fingerprint density at radius 2 is 1.67 bits per heavy atom. The molecule has 39 heavy (non-hydrogen) atoms. The van der Waals surface area contributed by atoms with Gasteiger partial charge in [0.25, 0.3) is 5.91 Å². The number of primary sulfonamides is 1. The van der Waals surface area contributed by atoms with Crippen molar-refractivity contribution in [1.29, 1.82) is 5.26 Å². The van der Waals surface area contributed by atoms with Crippen LogP contribution in [0.2, 0.25) is 0 Å². The van der Waals surface area contributed by atoms with Crippen molar-refractivity contribution >= 4 is 39.0 Å². The fraction of sp³-hybridized carbons (Fsp3) is 0.192. The van der Waals surface area contributed by atoms with Gasteiger partial charge in [-0.2, -0.15) is 18.4 Å². The third kappa shape index (κ3) is 5.29. The Bertz CT molecular complexity index is 1610. The Morgan fingerprint density at radius 1 is 1.03 bits per heavy atom. The minimum atomic E-state index is -4.86. The van der Waals surface area contributed by atoms with Gasteiger partial charge in [-0.3, -0.25) is 4.79 Å². The monoisotopic (exact) mass is 557 g/mol. The SMILES string of the molecule is CC1(C)C(=O)N(c2ccc(C#N)c(C(F)(F)F)c2)C(=O)N1Cc1ccccc1Nc1ccc(S(N)(=O)=O)cc1. The Kier molecular flexibility index (Phi) is 6.88. The molecular formula is C26H22F3N5O4S. The number of anilines is 3. The van der Waals surface area contributed by atoms with Crippen LogP contribution in [0, 0.1) is 11.3 Å². The summed E-state index contributed by atoms with van der Waals surface area (Å²) in [7, 11) is -3.87. The molecule has 0 spiro atoms. The number of hydrogen-bond donors (Lipinski definition) is 2. The highest BCUT2D eigenvalue weighted by molar-refractivity contribution is 7.89. The number of carbonyl (C=O) groups is 2. The second kappa shape index (κ2) is 9.72. The second-order valence-corrected chi connectivity index (χ2v) is 10.8. The zero-order chi connectivity index (χ0) is 28.8. The molecule has 0 radical (unpaired) electrons. The quantitative estimate of drug-likeness (QED) is 0.421. The normalized spacial score (nSPS) is 15.4. The molecular weight excluding hydrogens is 535 g/mol. The number of imide groups is 1. The molecule has 0 unspecified atom stereocenters. The number of amides is 3. The number of carbonyl (C=O) groups excluding carboxylic acids is 2. The van der Waals surface area contributed by atoms with Gasteiger partial charge in [-0.1, -0.05) is 18.2 Å². The van der Waals surface area contributed by atoms with E-state index in [0.29, 0.717) is 27.9 Å². The van der Waals surface area contributed by atoms with Gasteiger partial charge in [0.05, 0.1) is 34.3 Å². The third-order valence-corrected chi connectivity index (χ3v) is 7.25. The lowest BCUT2D eigenvalue weighted by Gasteiger charge is -2.28. The van der Waals surface area contributed by atoms with E-state index < -0.39 is 44.8 Å². The summed E-state index contributed by atoms with van der Waals surface area (Å²) in [5.74, 6) is -0.727. The van der Waals surface area contributed by atoms with E-state index >= 15 is 0 Å². The summed E-state index contributed by atoms with van der Waals surface area (Å²) < 4.78 is 63.6. The number of halogens is 3. The summed E-state index contributed by atoms with van der Waals surface area (Å²) in [5.41, 5.74) is -1.92. The highest BCUT2D eigenvalue weighted by Gasteiger charge is 2.52. The number of nitrogens with two attached hydrogens (primary N) is 1. The minimum Gasteiger partial charge on any atom is -0.355 e. The number of nitriles is 1. The lowest BCUT2D eigenvalue weighted by atomic mass is 10.0. The molecule has 3 N–H and O–H groups in total. The van der Waals surface area contributed by atoms with E-state index in [-0.39, 0.29) is 17.1 Å². The number of hydrogen-bond acceptors (Lipinski definition) is 6. The van der Waals surface area contributed by atoms with Gasteiger partial charge in [0.1, 0.15) is 5.54 Å². The van der Waals surface area contributed by atoms with E-state index in [1.54, 1.807) is 24.3 Å². The van der Waals surface area contributed by atoms with Gasteiger partial charge >= 0.3 is 12.2 Å². The first kappa shape index (κ1) is 27.6. The van der Waals surface area contributed by atoms with Crippen LogP contribution in [0.15, 0.2) is 71.6 Å². The lowest BCUT2D eigenvalue weighted by Crippen LogP contribution is -2.43. The first-order chi connectivity index (χ1) is 18.1. The molecule has 3 amide bonds. The molecule has 1 aliphatic heterocycles. The molecule has 1 saturated heterocycles. The van der Waals surface area contributed by atoms with Gasteiger partial charge in [-0.15, -0.1) is 0 Å². The van der Waals surface area contributed by atoms with Gasteiger partial charge in [0.15, 0.2) is 0 Å². The van der Waals surface area contributed by atoms with Gasteiger partial charge in [-0.25, -0.2) is 23.3 Å². The molecule has 0 saturated carbocycles. The van der Waals surface area contributed by atoms with Crippen LogP contribution < -0.4 is 15.4 Å². The van der Waals surface area contributed by atoms with E-state index in [1.165, 1.54) is 49.1 Å². The number of alkyl halides is 3. The average molecular weight is 558 g/mol. The van der Waals surface area contributed by atoms with Crippen LogP contribution in [0.1, 0.15) is 30.5 Å². The molecule has 202 valence electrons. The van der Waals surface area contributed by atoms with Gasteiger partial charge in [0.2, 0.25) is 10.0 Å². The maximum atomic E-state index is 13.5. The van der Waals surface area contributed by atoms with Crippen LogP contribution in [-0.4, -0.2) is 30.8 Å². The van der Waals surface area contributed by atoms with Crippen LogP contribution in [0.5, 0.6) is 0 Å². The predicted molar refractivity (Wildman–Crippen MR) is 136 cm³/mol. The van der Waals surface area contributed by atoms with Crippen LogP contribution >= 0.6 is 0 Å². The number of nitrogens with one attached hydrogen (secondary N) is 1. The van der Waals surface area contributed by atoms with Crippen LogP contribution in [0.25, 0.3) is 0 Å². The summed E-state index contributed by atoms with van der Waals surface area (Å²) in [4.78, 5) is 28.6. The van der Waals surface area contributed by atoms with Crippen molar-refractivity contribution in [2.75, 3.05) is 10.2 Å². The minimum absolute atomic E-state index is 0.0687. The molecule has 0 atom stereocenters. The van der Waals surface area contributed by atoms with Gasteiger partial charge in [0, 0.05) is 11.4 Å². The van der Waals surface area contributed by atoms with Crippen molar-refractivity contribution < 1.29 is 31.2 Å². The summed E-state index contributed by atoms with van der Waals surface area (Å²) in [5, 5.41) is 17.3. The van der Waals surface area contributed by atoms with E-state index in [1.807, 2.05) is 0 Å². The zero-order valence-corrected chi connectivity index (χ0v) is 21.5. The Labute approximate surface area is 222 Å². The van der Waals surface area contributed by atoms with Gasteiger partial charge in [-0.05, 0) is 67.9 Å². The Balaban J connectivity index is 1.65. The molecule has 1 fully saturated rings. The average Bonchev–Trinajstić information content (AvgIpc) is 3.03. The Hall–Kier alpha value is -4.41. The van der Waals surface area contributed by atoms with E-state index in [4.69, 9.17) is 10.4 Å². The van der Waals surface area contributed by atoms with Crippen molar-refractivity contribution in [3.8, 4) is 6.07 Å². The van der Waals surface area contributed by atoms with Crippen molar-refractivity contribution in [1.82, 2.24) is 4.90 Å². The molecule has 0 aliphatic carbocycles. The summed E-state index contributed by atoms with van der Waals surface area (Å²) in [6.07, 6.45) is -4.86. The highest BCUT2D eigenvalue weighted by Crippen LogP contribution is 2.38. The standard InChI is InChI=1S/C26H22F3N5O4S/c1-25(2)23(35)34(19-10-7-16(14-30)21(13-19)26(27,28)29)24(36)33(25)15-17-5-3-4-6-22(17)32-18-8-11-20(12-9-18)39(31,37)38/h3-13,32H,15H2,1-2H3,(H2,31,37,38). The smallest absolute Gasteiger partial charge is 0.355 e. The number of para-hydroxylation sites is 1. The van der Waals surface area contributed by atoms with E-state index in [9.17, 15) is 31.2 Å². The van der Waals surface area contributed by atoms with Crippen LogP contribution in [0.4, 0.5) is 35.0 Å². The molecule has 1 heterocycles. The molecule has 3 aromatic rings. The summed E-state index contributed by atoms with van der Waals surface area (Å²) >= 11 is 0. The van der Waals surface area contributed by atoms with Crippen molar-refractivity contribution in [3.05, 3.63) is 83.4 Å².